The fourth-order valence-electron chi connectivity index (χ4n) is 3.73. The average Bonchev–Trinajstić information content (AvgIpc) is 3.79. The van der Waals surface area contributed by atoms with E-state index in [2.05, 4.69) is 14.1 Å². The van der Waals surface area contributed by atoms with Crippen LogP contribution < -0.4 is 8.69 Å². The maximum atomic E-state index is 11.5. The molecule has 4 rings (SSSR count). The second kappa shape index (κ2) is 23.5. The lowest BCUT2D eigenvalue weighted by molar-refractivity contribution is -0.671. The van der Waals surface area contributed by atoms with Gasteiger partial charge in [-0.15, -0.1) is 0 Å². The number of nitrogens with one attached hydrogen (secondary N) is 1. The van der Waals surface area contributed by atoms with Crippen molar-refractivity contribution in [2.24, 2.45) is 14.1 Å². The molecule has 0 aliphatic carbocycles. The Morgan fingerprint density at radius 2 is 1.42 bits per heavy atom. The number of rotatable bonds is 12. The average molecular weight is 938 g/mol. The summed E-state index contributed by atoms with van der Waals surface area (Å²) in [4.78, 5) is 7.90. The SMILES string of the molecule is CN1C=CN(CCCCS(=O)(=O)[O-])C1.C[n+]1ccn(CCCCS(=O)(=O)O)c1.Cn1ccnc1.O=S(=O)(NS(=O)(=O)C(F)(F)F)C(F)(F)F.O=S1(=O)CCCCO1. The van der Waals surface area contributed by atoms with Crippen LogP contribution in [0.5, 0.6) is 0 Å². The van der Waals surface area contributed by atoms with Crippen LogP contribution in [0, 0.1) is 0 Å². The summed E-state index contributed by atoms with van der Waals surface area (Å²) in [7, 11) is -18.3. The molecule has 0 bridgehead atoms. The molecule has 0 spiro atoms. The Morgan fingerprint density at radius 1 is 0.860 bits per heavy atom. The molecule has 0 radical (unpaired) electrons. The van der Waals surface area contributed by atoms with E-state index < -0.39 is 65.5 Å². The highest BCUT2D eigenvalue weighted by Crippen LogP contribution is 2.27. The van der Waals surface area contributed by atoms with Crippen molar-refractivity contribution in [1.82, 2.24) is 28.0 Å². The van der Waals surface area contributed by atoms with Gasteiger partial charge in [-0.1, -0.05) is 4.13 Å². The summed E-state index contributed by atoms with van der Waals surface area (Å²) >= 11 is 0. The number of alkyl halides is 6. The number of imidazole rings is 2. The van der Waals surface area contributed by atoms with Gasteiger partial charge in [0, 0.05) is 51.2 Å². The lowest BCUT2D eigenvalue weighted by atomic mass is 10.3. The molecule has 0 atom stereocenters. The molecule has 2 aliphatic rings. The van der Waals surface area contributed by atoms with E-state index in [1.807, 2.05) is 77.1 Å². The number of hydrogen-bond donors (Lipinski definition) is 2. The van der Waals surface area contributed by atoms with Crippen LogP contribution in [-0.4, -0.2) is 130 Å². The van der Waals surface area contributed by atoms with Gasteiger partial charge >= 0.3 is 31.1 Å². The van der Waals surface area contributed by atoms with Gasteiger partial charge in [0.25, 0.3) is 20.2 Å². The molecular weight excluding hydrogens is 893 g/mol. The molecule has 2 N–H and O–H groups in total. The highest BCUT2D eigenvalue weighted by atomic mass is 32.3. The van der Waals surface area contributed by atoms with E-state index in [4.69, 9.17) is 4.55 Å². The second-order valence-corrected chi connectivity index (χ2v) is 20.2. The van der Waals surface area contributed by atoms with Crippen LogP contribution in [0.1, 0.15) is 38.5 Å². The molecule has 1 fully saturated rings. The van der Waals surface area contributed by atoms with E-state index >= 15 is 0 Å². The van der Waals surface area contributed by atoms with Gasteiger partial charge in [-0.3, -0.25) is 8.74 Å². The van der Waals surface area contributed by atoms with E-state index in [-0.39, 0.29) is 17.3 Å². The summed E-state index contributed by atoms with van der Waals surface area (Å²) in [5.74, 6) is -0.201. The molecule has 0 aromatic carbocycles. The zero-order chi connectivity index (χ0) is 44.4. The summed E-state index contributed by atoms with van der Waals surface area (Å²) in [6, 6.07) is 0. The number of nitrogens with zero attached hydrogens (tertiary/aromatic N) is 6. The Kier molecular flexibility index (Phi) is 22.2. The van der Waals surface area contributed by atoms with Crippen LogP contribution in [0.15, 0.2) is 49.8 Å². The van der Waals surface area contributed by atoms with Gasteiger partial charge in [0.15, 0.2) is 0 Å². The second-order valence-electron chi connectivity index (χ2n) is 11.8. The van der Waals surface area contributed by atoms with Crippen LogP contribution in [0.25, 0.3) is 0 Å². The van der Waals surface area contributed by atoms with Crippen molar-refractivity contribution < 1.29 is 86.3 Å². The van der Waals surface area contributed by atoms with Crippen LogP contribution in [0.3, 0.4) is 0 Å². The maximum absolute atomic E-state index is 11.5. The van der Waals surface area contributed by atoms with E-state index in [0.717, 1.165) is 45.4 Å². The Hall–Kier alpha value is -3.07. The highest BCUT2D eigenvalue weighted by Gasteiger charge is 2.55. The van der Waals surface area contributed by atoms with Gasteiger partial charge in [0.05, 0.1) is 54.8 Å². The zero-order valence-corrected chi connectivity index (χ0v) is 34.7. The molecule has 2 aromatic heterocycles. The van der Waals surface area contributed by atoms with Crippen LogP contribution in [-0.2, 0) is 75.2 Å². The zero-order valence-electron chi connectivity index (χ0n) is 30.6. The minimum atomic E-state index is -6.60. The van der Waals surface area contributed by atoms with Gasteiger partial charge in [-0.2, -0.15) is 43.2 Å². The molecule has 0 unspecified atom stereocenters. The van der Waals surface area contributed by atoms with Crippen LogP contribution in [0.2, 0.25) is 0 Å². The largest absolute Gasteiger partial charge is 0.748 e. The molecule has 1 saturated heterocycles. The molecule has 4 heterocycles. The number of unbranched alkanes of at least 4 members (excludes halogenated alkanes) is 2. The Labute approximate surface area is 327 Å². The highest BCUT2D eigenvalue weighted by molar-refractivity contribution is 8.05. The third kappa shape index (κ3) is 26.5. The Bertz CT molecular complexity index is 2010. The summed E-state index contributed by atoms with van der Waals surface area (Å²) in [5, 5.41) is 0. The van der Waals surface area contributed by atoms with Crippen LogP contribution >= 0.6 is 0 Å². The molecule has 2 aliphatic heterocycles. The van der Waals surface area contributed by atoms with Crippen LogP contribution in [0.4, 0.5) is 26.3 Å². The topological polar surface area (TPSA) is 268 Å². The first-order chi connectivity index (χ1) is 25.8. The van der Waals surface area contributed by atoms with Crippen molar-refractivity contribution in [1.29, 1.82) is 0 Å². The molecule has 0 amide bonds. The Balaban J connectivity index is 0.000000709. The monoisotopic (exact) mass is 937 g/mol. The smallest absolute Gasteiger partial charge is 0.512 e. The maximum Gasteiger partial charge on any atom is 0.512 e. The lowest BCUT2D eigenvalue weighted by Gasteiger charge is -2.17. The number of sulfonamides is 2. The first kappa shape index (κ1) is 53.9. The summed E-state index contributed by atoms with van der Waals surface area (Å²) in [5.41, 5.74) is -12.3. The number of halogens is 6. The van der Waals surface area contributed by atoms with Gasteiger partial charge in [-0.05, 0) is 38.5 Å². The van der Waals surface area contributed by atoms with Gasteiger partial charge in [0.1, 0.15) is 12.4 Å². The van der Waals surface area contributed by atoms with Gasteiger partial charge < -0.3 is 18.9 Å². The minimum Gasteiger partial charge on any atom is -0.748 e. The van der Waals surface area contributed by atoms with Crippen molar-refractivity contribution in [3.8, 4) is 0 Å². The quantitative estimate of drug-likeness (QED) is 0.0979. The third-order valence-corrected chi connectivity index (χ3v) is 12.3. The summed E-state index contributed by atoms with van der Waals surface area (Å²) in [6.07, 6.45) is 19.1. The number of aromatic nitrogens is 4. The van der Waals surface area contributed by atoms with E-state index in [1.54, 1.807) is 12.5 Å². The molecule has 31 heteroatoms. The first-order valence-electron chi connectivity index (χ1n) is 16.0. The molecule has 57 heavy (non-hydrogen) atoms. The molecule has 334 valence electrons. The summed E-state index contributed by atoms with van der Waals surface area (Å²) in [6.45, 7) is 2.79. The molecule has 0 saturated carbocycles. The first-order valence-corrected chi connectivity index (χ1v) is 23.7. The normalized spacial score (nSPS) is 15.8. The predicted octanol–water partition coefficient (Wildman–Crippen LogP) is 0.790. The van der Waals surface area contributed by atoms with Crippen molar-refractivity contribution in [2.45, 2.75) is 56.1 Å². The molecule has 20 nitrogen and oxygen atoms in total. The third-order valence-electron chi connectivity index (χ3n) is 6.44. The van der Waals surface area contributed by atoms with Gasteiger partial charge in [-0.25, -0.2) is 39.4 Å². The van der Waals surface area contributed by atoms with E-state index in [1.165, 1.54) is 0 Å². The van der Waals surface area contributed by atoms with E-state index in [9.17, 15) is 73.0 Å². The van der Waals surface area contributed by atoms with E-state index in [0.29, 0.717) is 19.4 Å². The standard InChI is InChI=1S/C8H16N2O3S.C8H14N2O3S.C4H6N2.C4H8O3S.C2HF6NO4S2/c2*1-9-5-6-10(8-9)4-2-3-7-14(11,12)13;1-6-3-2-5-4-6;5-8(6)4-2-1-3-7-8;3-1(4,5)14(10,11)9-15(12,13)2(6,7)8/h5-6H,2-4,7-8H2,1H3,(H,11,12,13);5-6,8H,2-4,7H2,1H3;2-4H,1H3;1-4H2;9H. The number of hydrogen-bond acceptors (Lipinski definition) is 15. The van der Waals surface area contributed by atoms with Crippen molar-refractivity contribution in [3.05, 3.63) is 49.8 Å². The van der Waals surface area contributed by atoms with Gasteiger partial charge in [0.2, 0.25) is 6.33 Å². The van der Waals surface area contributed by atoms with Crippen molar-refractivity contribution in [3.63, 3.8) is 0 Å². The number of aryl methyl sites for hydroxylation is 3. The molecular formula is C26H45F6N7O13S5. The van der Waals surface area contributed by atoms with Crippen molar-refractivity contribution in [2.75, 3.05) is 44.1 Å². The minimum absolute atomic E-state index is 0.152. The fraction of sp³-hybridized carbons (Fsp3) is 0.692. The predicted molar refractivity (Wildman–Crippen MR) is 189 cm³/mol. The fourth-order valence-corrected chi connectivity index (χ4v) is 7.82. The van der Waals surface area contributed by atoms with Crippen molar-refractivity contribution >= 4 is 50.4 Å². The Morgan fingerprint density at radius 3 is 1.75 bits per heavy atom. The lowest BCUT2D eigenvalue weighted by Crippen LogP contribution is -2.45. The summed E-state index contributed by atoms with van der Waals surface area (Å²) < 4.78 is 200. The molecule has 2 aromatic rings.